The Balaban J connectivity index is 2.91. The smallest absolute Gasteiger partial charge is 0.188 e. The molecular formula is C8H17O2. The van der Waals surface area contributed by atoms with E-state index in [4.69, 9.17) is 5.11 Å². The molecule has 10 heavy (non-hydrogen) atoms. The average Bonchev–Trinajstić information content (AvgIpc) is 1.79. The minimum Gasteiger partial charge on any atom is -0.366 e. The summed E-state index contributed by atoms with van der Waals surface area (Å²) >= 11 is 0. The van der Waals surface area contributed by atoms with E-state index in [2.05, 4.69) is 13.8 Å². The number of unbranched alkanes of at least 4 members (excludes halogenated alkanes) is 1. The average molecular weight is 145 g/mol. The lowest BCUT2D eigenvalue weighted by molar-refractivity contribution is -0.0968. The first-order chi connectivity index (χ1) is 4.63. The molecule has 1 N–H and O–H groups in total. The molecule has 0 aromatic heterocycles. The number of hydrogen-bond donors (Lipinski definition) is 1. The maximum atomic E-state index is 10.1. The van der Waals surface area contributed by atoms with Crippen LogP contribution in [0.25, 0.3) is 0 Å². The minimum absolute atomic E-state index is 0.409. The zero-order valence-electron chi connectivity index (χ0n) is 6.84. The molecule has 0 aliphatic rings. The highest BCUT2D eigenvalue weighted by Gasteiger charge is 1.99. The Morgan fingerprint density at radius 3 is 2.10 bits per heavy atom. The van der Waals surface area contributed by atoms with Gasteiger partial charge in [-0.15, -0.1) is 0 Å². The zero-order chi connectivity index (χ0) is 7.98. The van der Waals surface area contributed by atoms with Crippen molar-refractivity contribution in [2.75, 3.05) is 0 Å². The fraction of sp³-hybridized carbons (Fsp3) is 1.00. The molecule has 0 heterocycles. The van der Waals surface area contributed by atoms with Gasteiger partial charge in [-0.1, -0.05) is 26.7 Å². The quantitative estimate of drug-likeness (QED) is 0.466. The minimum atomic E-state index is -1.35. The van der Waals surface area contributed by atoms with Crippen molar-refractivity contribution in [2.24, 2.45) is 5.92 Å². The van der Waals surface area contributed by atoms with Gasteiger partial charge in [0.15, 0.2) is 6.29 Å². The van der Waals surface area contributed by atoms with Gasteiger partial charge in [0.2, 0.25) is 0 Å². The first-order valence-corrected chi connectivity index (χ1v) is 3.97. The van der Waals surface area contributed by atoms with E-state index >= 15 is 0 Å². The van der Waals surface area contributed by atoms with E-state index in [0.717, 1.165) is 19.3 Å². The predicted octanol–water partition coefficient (Wildman–Crippen LogP) is 1.95. The van der Waals surface area contributed by atoms with Gasteiger partial charge in [0.25, 0.3) is 0 Å². The molecule has 0 aromatic carbocycles. The van der Waals surface area contributed by atoms with E-state index in [-0.39, 0.29) is 0 Å². The van der Waals surface area contributed by atoms with E-state index in [0.29, 0.717) is 12.3 Å². The normalized spacial score (nSPS) is 11.4. The first-order valence-electron chi connectivity index (χ1n) is 3.97. The molecule has 61 valence electrons. The van der Waals surface area contributed by atoms with E-state index in [9.17, 15) is 5.11 Å². The Kier molecular flexibility index (Phi) is 5.64. The Bertz CT molecular complexity index is 59.7. The second kappa shape index (κ2) is 5.69. The Labute approximate surface area is 62.9 Å². The summed E-state index contributed by atoms with van der Waals surface area (Å²) in [6.45, 7) is 4.32. The largest absolute Gasteiger partial charge is 0.366 e. The summed E-state index contributed by atoms with van der Waals surface area (Å²) in [6.07, 6.45) is 2.14. The lowest BCUT2D eigenvalue weighted by Crippen LogP contribution is -2.01. The fourth-order valence-electron chi connectivity index (χ4n) is 0.872. The lowest BCUT2D eigenvalue weighted by atomic mass is 10.1. The maximum Gasteiger partial charge on any atom is 0.188 e. The summed E-state index contributed by atoms with van der Waals surface area (Å²) in [6, 6.07) is 0. The third kappa shape index (κ3) is 7.92. The van der Waals surface area contributed by atoms with E-state index in [1.807, 2.05) is 0 Å². The third-order valence-electron chi connectivity index (χ3n) is 1.48. The Hall–Kier alpha value is -0.0800. The third-order valence-corrected chi connectivity index (χ3v) is 1.48. The van der Waals surface area contributed by atoms with Crippen molar-refractivity contribution in [3.63, 3.8) is 0 Å². The summed E-state index contributed by atoms with van der Waals surface area (Å²) < 4.78 is 0. The highest BCUT2D eigenvalue weighted by molar-refractivity contribution is 4.47. The molecule has 0 saturated heterocycles. The maximum absolute atomic E-state index is 10.1. The molecule has 0 aromatic rings. The predicted molar refractivity (Wildman–Crippen MR) is 40.0 cm³/mol. The second-order valence-corrected chi connectivity index (χ2v) is 3.13. The van der Waals surface area contributed by atoms with Crippen LogP contribution in [0.2, 0.25) is 0 Å². The SMILES string of the molecule is CC(C)CCCCC([O])O. The van der Waals surface area contributed by atoms with Crippen LogP contribution >= 0.6 is 0 Å². The molecule has 0 rings (SSSR count). The first kappa shape index (κ1) is 9.92. The number of aliphatic hydroxyl groups excluding tert-OH is 1. The van der Waals surface area contributed by atoms with Crippen LogP contribution in [0.15, 0.2) is 0 Å². The summed E-state index contributed by atoms with van der Waals surface area (Å²) in [7, 11) is 0. The molecule has 0 spiro atoms. The van der Waals surface area contributed by atoms with Crippen LogP contribution in [0.5, 0.6) is 0 Å². The number of aliphatic hydroxyl groups is 1. The zero-order valence-corrected chi connectivity index (χ0v) is 6.84. The molecule has 0 aliphatic carbocycles. The van der Waals surface area contributed by atoms with Crippen LogP contribution in [-0.2, 0) is 5.11 Å². The molecule has 1 unspecified atom stereocenters. The molecule has 1 radical (unpaired) electrons. The Morgan fingerprint density at radius 2 is 1.70 bits per heavy atom. The van der Waals surface area contributed by atoms with Crippen molar-refractivity contribution >= 4 is 0 Å². The van der Waals surface area contributed by atoms with Crippen molar-refractivity contribution in [1.82, 2.24) is 0 Å². The van der Waals surface area contributed by atoms with Crippen LogP contribution in [0.1, 0.15) is 39.5 Å². The highest BCUT2D eigenvalue weighted by atomic mass is 16.5. The van der Waals surface area contributed by atoms with Crippen molar-refractivity contribution in [1.29, 1.82) is 0 Å². The molecule has 0 bridgehead atoms. The molecule has 0 amide bonds. The van der Waals surface area contributed by atoms with Gasteiger partial charge in [0.1, 0.15) is 0 Å². The van der Waals surface area contributed by atoms with Crippen molar-refractivity contribution in [2.45, 2.75) is 45.8 Å². The number of hydrogen-bond acceptors (Lipinski definition) is 1. The lowest BCUT2D eigenvalue weighted by Gasteiger charge is -2.03. The van der Waals surface area contributed by atoms with Crippen LogP contribution in [0.4, 0.5) is 0 Å². The summed E-state index contributed by atoms with van der Waals surface area (Å²) in [5, 5.41) is 18.5. The van der Waals surface area contributed by atoms with Gasteiger partial charge >= 0.3 is 0 Å². The molecule has 2 heteroatoms. The molecular weight excluding hydrogens is 128 g/mol. The van der Waals surface area contributed by atoms with E-state index in [1.165, 1.54) is 0 Å². The monoisotopic (exact) mass is 145 g/mol. The van der Waals surface area contributed by atoms with Crippen molar-refractivity contribution < 1.29 is 10.2 Å². The fourth-order valence-corrected chi connectivity index (χ4v) is 0.872. The second-order valence-electron chi connectivity index (χ2n) is 3.13. The summed E-state index contributed by atoms with van der Waals surface area (Å²) in [5.41, 5.74) is 0. The van der Waals surface area contributed by atoms with Gasteiger partial charge in [0, 0.05) is 6.42 Å². The van der Waals surface area contributed by atoms with Crippen LogP contribution in [0, 0.1) is 5.92 Å². The topological polar surface area (TPSA) is 40.1 Å². The van der Waals surface area contributed by atoms with E-state index < -0.39 is 6.29 Å². The number of rotatable bonds is 5. The Morgan fingerprint density at radius 1 is 1.20 bits per heavy atom. The van der Waals surface area contributed by atoms with Gasteiger partial charge in [-0.2, -0.15) is 0 Å². The molecule has 0 fully saturated rings. The standard InChI is InChI=1S/C8H17O2/c1-7(2)5-3-4-6-8(9)10/h7-9H,3-6H2,1-2H3. The molecule has 0 saturated carbocycles. The van der Waals surface area contributed by atoms with Crippen molar-refractivity contribution in [3.8, 4) is 0 Å². The van der Waals surface area contributed by atoms with Gasteiger partial charge in [0.05, 0.1) is 0 Å². The highest BCUT2D eigenvalue weighted by Crippen LogP contribution is 2.08. The van der Waals surface area contributed by atoms with Crippen LogP contribution in [0.3, 0.4) is 0 Å². The van der Waals surface area contributed by atoms with Crippen LogP contribution in [-0.4, -0.2) is 11.4 Å². The molecule has 2 nitrogen and oxygen atoms in total. The van der Waals surface area contributed by atoms with Gasteiger partial charge in [-0.05, 0) is 12.3 Å². The summed E-state index contributed by atoms with van der Waals surface area (Å²) in [5.74, 6) is 0.712. The van der Waals surface area contributed by atoms with Gasteiger partial charge < -0.3 is 5.11 Å². The van der Waals surface area contributed by atoms with Crippen molar-refractivity contribution in [3.05, 3.63) is 0 Å². The van der Waals surface area contributed by atoms with Gasteiger partial charge in [-0.25, -0.2) is 5.11 Å². The molecule has 0 aliphatic heterocycles. The van der Waals surface area contributed by atoms with Gasteiger partial charge in [-0.3, -0.25) is 0 Å². The summed E-state index contributed by atoms with van der Waals surface area (Å²) in [4.78, 5) is 0. The molecule has 1 atom stereocenters. The van der Waals surface area contributed by atoms with Crippen LogP contribution < -0.4 is 0 Å². The van der Waals surface area contributed by atoms with E-state index in [1.54, 1.807) is 0 Å².